The lowest BCUT2D eigenvalue weighted by Gasteiger charge is -2.22. The van der Waals surface area contributed by atoms with E-state index in [9.17, 15) is 13.2 Å². The van der Waals surface area contributed by atoms with Gasteiger partial charge in [0.05, 0.1) is 0 Å². The fourth-order valence-electron chi connectivity index (χ4n) is 0.877. The highest BCUT2D eigenvalue weighted by atomic mass is 35.5. The molecule has 1 N–H and O–H groups in total. The molecule has 3 heterocycles. The summed E-state index contributed by atoms with van der Waals surface area (Å²) in [4.78, 5) is 3.35. The van der Waals surface area contributed by atoms with Crippen LogP contribution in [0, 0.1) is 0 Å². The lowest BCUT2D eigenvalue weighted by atomic mass is 10.2. The molecular formula is C8H7ClF3NO2. The number of alkyl halides is 3. The smallest absolute Gasteiger partial charge is 0.421 e. The van der Waals surface area contributed by atoms with Crippen LogP contribution in [0.25, 0.3) is 0 Å². The Morgan fingerprint density at radius 1 is 1.53 bits per heavy atom. The molecule has 7 heteroatoms. The normalized spacial score (nSPS) is 12.1. The molecule has 1 aromatic rings. The summed E-state index contributed by atoms with van der Waals surface area (Å²) in [6.07, 6.45) is -3.75. The zero-order valence-corrected chi connectivity index (χ0v) is 8.35. The minimum atomic E-state index is -4.45. The fourth-order valence-corrected chi connectivity index (χ4v) is 1.10. The Kier molecular flexibility index (Phi) is 3.41. The first-order valence-electron chi connectivity index (χ1n) is 3.96. The Bertz CT molecular complexity index is 368. The van der Waals surface area contributed by atoms with Crippen molar-refractivity contribution >= 4 is 11.6 Å². The minimum absolute atomic E-state index is 0.0511. The molecule has 2 bridgehead atoms. The number of aliphatic hydroxyl groups excluding tert-OH is 1. The van der Waals surface area contributed by atoms with E-state index in [-0.39, 0.29) is 23.3 Å². The van der Waals surface area contributed by atoms with E-state index in [4.69, 9.17) is 16.7 Å². The number of ether oxygens (including phenoxy) is 1. The number of pyridine rings is 1. The number of hydrogen-bond donors (Lipinski definition) is 1. The average Bonchev–Trinajstić information content (AvgIpc) is 2.17. The van der Waals surface area contributed by atoms with Gasteiger partial charge in [0.15, 0.2) is 5.75 Å². The Labute approximate surface area is 88.5 Å². The molecule has 0 saturated heterocycles. The lowest BCUT2D eigenvalue weighted by molar-refractivity contribution is -0.139. The van der Waals surface area contributed by atoms with Gasteiger partial charge in [-0.05, 0) is 6.92 Å². The zero-order chi connectivity index (χ0) is 11.6. The summed E-state index contributed by atoms with van der Waals surface area (Å²) in [5.74, 6) is -0.270. The van der Waals surface area contributed by atoms with Crippen LogP contribution in [0.2, 0.25) is 5.02 Å². The van der Waals surface area contributed by atoms with Crippen LogP contribution in [-0.2, 0) is 6.18 Å². The summed E-state index contributed by atoms with van der Waals surface area (Å²) in [7, 11) is 0. The van der Waals surface area contributed by atoms with Gasteiger partial charge < -0.3 is 9.84 Å². The van der Waals surface area contributed by atoms with E-state index in [1.54, 1.807) is 6.92 Å². The molecule has 15 heavy (non-hydrogen) atoms. The molecular weight excluding hydrogens is 235 g/mol. The van der Waals surface area contributed by atoms with Gasteiger partial charge in [-0.15, -0.1) is 0 Å². The Balaban J connectivity index is 0.000000337. The highest BCUT2D eigenvalue weighted by Crippen LogP contribution is 2.51. The molecule has 3 nitrogen and oxygen atoms in total. The molecule has 0 amide bonds. The third kappa shape index (κ3) is 2.32. The maximum Gasteiger partial charge on any atom is 0.421 e. The van der Waals surface area contributed by atoms with Crippen LogP contribution >= 0.6 is 11.6 Å². The van der Waals surface area contributed by atoms with Crippen molar-refractivity contribution < 1.29 is 23.0 Å². The molecule has 2 aliphatic rings. The van der Waals surface area contributed by atoms with Crippen molar-refractivity contribution in [3.63, 3.8) is 0 Å². The number of rotatable bonds is 0. The lowest BCUT2D eigenvalue weighted by Crippen LogP contribution is -2.13. The molecule has 84 valence electrons. The fraction of sp³-hybridized carbons (Fsp3) is 0.375. The number of aromatic nitrogens is 1. The van der Waals surface area contributed by atoms with Gasteiger partial charge in [0.2, 0.25) is 5.88 Å². The molecule has 2 aliphatic heterocycles. The van der Waals surface area contributed by atoms with E-state index in [0.29, 0.717) is 6.20 Å². The number of aliphatic hydroxyl groups is 1. The predicted octanol–water partition coefficient (Wildman–Crippen LogP) is 2.86. The predicted molar refractivity (Wildman–Crippen MR) is 47.1 cm³/mol. The maximum atomic E-state index is 12.1. The molecule has 0 fully saturated rings. The second-order valence-electron chi connectivity index (χ2n) is 2.54. The van der Waals surface area contributed by atoms with Crippen molar-refractivity contribution in [2.75, 3.05) is 6.61 Å². The van der Waals surface area contributed by atoms with Gasteiger partial charge in [-0.25, -0.2) is 4.98 Å². The van der Waals surface area contributed by atoms with Crippen molar-refractivity contribution in [1.82, 2.24) is 4.98 Å². The molecule has 0 aromatic carbocycles. The van der Waals surface area contributed by atoms with Crippen LogP contribution in [0.5, 0.6) is 11.6 Å². The van der Waals surface area contributed by atoms with Crippen LogP contribution in [0.3, 0.4) is 0 Å². The van der Waals surface area contributed by atoms with Crippen LogP contribution in [0.1, 0.15) is 12.5 Å². The summed E-state index contributed by atoms with van der Waals surface area (Å²) in [6, 6.07) is 0. The Hall–Kier alpha value is -1.01. The van der Waals surface area contributed by atoms with Gasteiger partial charge in [0.1, 0.15) is 10.6 Å². The van der Waals surface area contributed by atoms with E-state index < -0.39 is 11.7 Å². The number of nitrogens with zero attached hydrogens (tertiary/aromatic N) is 1. The van der Waals surface area contributed by atoms with Crippen LogP contribution in [0.15, 0.2) is 6.20 Å². The largest absolute Gasteiger partial charge is 0.435 e. The van der Waals surface area contributed by atoms with Crippen molar-refractivity contribution in [1.29, 1.82) is 0 Å². The first-order chi connectivity index (χ1) is 6.91. The quantitative estimate of drug-likeness (QED) is 0.771. The van der Waals surface area contributed by atoms with Crippen molar-refractivity contribution in [2.45, 2.75) is 13.1 Å². The number of hydrogen-bond acceptors (Lipinski definition) is 3. The molecule has 3 rings (SSSR count). The van der Waals surface area contributed by atoms with Crippen LogP contribution in [-0.4, -0.2) is 16.7 Å². The van der Waals surface area contributed by atoms with Gasteiger partial charge in [0.25, 0.3) is 0 Å². The second kappa shape index (κ2) is 4.24. The summed E-state index contributed by atoms with van der Waals surface area (Å²) in [6.45, 7) is 1.93. The highest BCUT2D eigenvalue weighted by Gasteiger charge is 2.40. The first kappa shape index (κ1) is 12.1. The van der Waals surface area contributed by atoms with Crippen molar-refractivity contribution in [2.24, 2.45) is 0 Å². The summed E-state index contributed by atoms with van der Waals surface area (Å²) >= 11 is 5.40. The van der Waals surface area contributed by atoms with E-state index in [1.165, 1.54) is 0 Å². The van der Waals surface area contributed by atoms with Crippen LogP contribution in [0.4, 0.5) is 13.2 Å². The SMILES string of the molecule is CCO.FC(F)(F)c1cnc2c(Cl)c1O2. The topological polar surface area (TPSA) is 42.4 Å². The van der Waals surface area contributed by atoms with Gasteiger partial charge in [-0.3, -0.25) is 0 Å². The molecule has 0 radical (unpaired) electrons. The molecule has 0 saturated carbocycles. The third-order valence-corrected chi connectivity index (χ3v) is 1.78. The maximum absolute atomic E-state index is 12.1. The summed E-state index contributed by atoms with van der Waals surface area (Å²) < 4.78 is 40.8. The summed E-state index contributed by atoms with van der Waals surface area (Å²) in [5.41, 5.74) is -0.928. The van der Waals surface area contributed by atoms with Gasteiger partial charge in [-0.2, -0.15) is 13.2 Å². The molecule has 1 aromatic heterocycles. The molecule has 0 atom stereocenters. The van der Waals surface area contributed by atoms with Crippen molar-refractivity contribution in [3.8, 4) is 11.6 Å². The summed E-state index contributed by atoms with van der Waals surface area (Å²) in [5, 5.41) is 7.52. The average molecular weight is 242 g/mol. The van der Waals surface area contributed by atoms with E-state index >= 15 is 0 Å². The van der Waals surface area contributed by atoms with Gasteiger partial charge >= 0.3 is 6.18 Å². The van der Waals surface area contributed by atoms with E-state index in [0.717, 1.165) is 0 Å². The minimum Gasteiger partial charge on any atom is -0.435 e. The standard InChI is InChI=1S/C6HClF3NO.C2H6O/c7-3-4-2(6(8,9)10)1-11-5(3)12-4;1-2-3/h1H;3H,2H2,1H3. The number of fused-ring (bicyclic) bond motifs is 2. The molecule has 0 aliphatic carbocycles. The third-order valence-electron chi connectivity index (χ3n) is 1.45. The second-order valence-corrected chi connectivity index (χ2v) is 2.91. The van der Waals surface area contributed by atoms with E-state index in [2.05, 4.69) is 9.72 Å². The van der Waals surface area contributed by atoms with Gasteiger partial charge in [0, 0.05) is 12.8 Å². The molecule has 0 spiro atoms. The first-order valence-corrected chi connectivity index (χ1v) is 4.34. The molecule has 0 unspecified atom stereocenters. The monoisotopic (exact) mass is 241 g/mol. The Morgan fingerprint density at radius 3 is 2.33 bits per heavy atom. The highest BCUT2D eigenvalue weighted by molar-refractivity contribution is 6.34. The van der Waals surface area contributed by atoms with Crippen molar-refractivity contribution in [3.05, 3.63) is 16.8 Å². The zero-order valence-electron chi connectivity index (χ0n) is 7.60. The Morgan fingerprint density at radius 2 is 2.07 bits per heavy atom. The van der Waals surface area contributed by atoms with Gasteiger partial charge in [-0.1, -0.05) is 11.6 Å². The number of halogens is 4. The van der Waals surface area contributed by atoms with Crippen LogP contribution < -0.4 is 4.74 Å². The van der Waals surface area contributed by atoms with E-state index in [1.807, 2.05) is 0 Å².